The fourth-order valence-corrected chi connectivity index (χ4v) is 1.61. The first-order valence-corrected chi connectivity index (χ1v) is 5.44. The highest BCUT2D eigenvalue weighted by Crippen LogP contribution is 2.21. The van der Waals surface area contributed by atoms with Gasteiger partial charge in [0.2, 0.25) is 5.91 Å². The van der Waals surface area contributed by atoms with Gasteiger partial charge in [-0.15, -0.1) is 0 Å². The molecule has 0 aliphatic heterocycles. The first kappa shape index (κ1) is 11.6. The van der Waals surface area contributed by atoms with E-state index in [1.54, 1.807) is 18.0 Å². The van der Waals surface area contributed by atoms with Gasteiger partial charge in [0.05, 0.1) is 0 Å². The Bertz CT molecular complexity index is 535. The molecule has 2 N–H and O–H groups in total. The van der Waals surface area contributed by atoms with Gasteiger partial charge in [-0.1, -0.05) is 6.92 Å². The second kappa shape index (κ2) is 4.55. The number of fused-ring (bicyclic) bond motifs is 1. The quantitative estimate of drug-likeness (QED) is 0.869. The lowest BCUT2D eigenvalue weighted by atomic mass is 10.1. The van der Waals surface area contributed by atoms with Crippen molar-refractivity contribution in [3.63, 3.8) is 0 Å². The molecule has 90 valence electrons. The number of hydrogen-bond acceptors (Lipinski definition) is 4. The number of hydrogen-bond donors (Lipinski definition) is 1. The summed E-state index contributed by atoms with van der Waals surface area (Å²) in [6.45, 7) is 2.15. The molecule has 0 radical (unpaired) electrons. The fraction of sp³-hybridized carbons (Fsp3) is 0.333. The van der Waals surface area contributed by atoms with E-state index in [-0.39, 0.29) is 11.8 Å². The standard InChI is InChI=1S/C12H15N3O2/c1-8(6-13)12(16)15(2)9-3-4-10-11(5-9)17-7-14-10/h3-5,7-8H,6,13H2,1-2H3. The Morgan fingerprint density at radius 1 is 1.59 bits per heavy atom. The molecule has 0 aliphatic rings. The molecule has 1 heterocycles. The lowest BCUT2D eigenvalue weighted by Gasteiger charge is -2.20. The van der Waals surface area contributed by atoms with Crippen molar-refractivity contribution in [2.24, 2.45) is 11.7 Å². The number of anilines is 1. The summed E-state index contributed by atoms with van der Waals surface area (Å²) >= 11 is 0. The molecule has 17 heavy (non-hydrogen) atoms. The first-order valence-electron chi connectivity index (χ1n) is 5.44. The topological polar surface area (TPSA) is 72.4 Å². The smallest absolute Gasteiger partial charge is 0.230 e. The number of amides is 1. The molecule has 0 saturated heterocycles. The molecule has 5 nitrogen and oxygen atoms in total. The highest BCUT2D eigenvalue weighted by atomic mass is 16.3. The number of oxazole rings is 1. The van der Waals surface area contributed by atoms with E-state index >= 15 is 0 Å². The van der Waals surface area contributed by atoms with Crippen molar-refractivity contribution in [1.82, 2.24) is 4.98 Å². The normalized spacial score (nSPS) is 12.6. The summed E-state index contributed by atoms with van der Waals surface area (Å²) < 4.78 is 5.20. The molecule has 2 aromatic rings. The van der Waals surface area contributed by atoms with Gasteiger partial charge in [0, 0.05) is 31.3 Å². The van der Waals surface area contributed by atoms with Crippen LogP contribution in [-0.2, 0) is 4.79 Å². The van der Waals surface area contributed by atoms with Gasteiger partial charge in [0.1, 0.15) is 5.52 Å². The van der Waals surface area contributed by atoms with Gasteiger partial charge in [0.15, 0.2) is 12.0 Å². The Morgan fingerprint density at radius 2 is 2.35 bits per heavy atom. The van der Waals surface area contributed by atoms with Crippen LogP contribution in [0.15, 0.2) is 29.0 Å². The van der Waals surface area contributed by atoms with Gasteiger partial charge in [-0.3, -0.25) is 4.79 Å². The average molecular weight is 233 g/mol. The van der Waals surface area contributed by atoms with Crippen LogP contribution in [0.1, 0.15) is 6.92 Å². The Morgan fingerprint density at radius 3 is 3.06 bits per heavy atom. The van der Waals surface area contributed by atoms with Crippen LogP contribution in [0, 0.1) is 5.92 Å². The van der Waals surface area contributed by atoms with Crippen molar-refractivity contribution in [2.75, 3.05) is 18.5 Å². The predicted molar refractivity (Wildman–Crippen MR) is 65.6 cm³/mol. The minimum atomic E-state index is -0.189. The molecular weight excluding hydrogens is 218 g/mol. The number of nitrogens with zero attached hydrogens (tertiary/aromatic N) is 2. The number of rotatable bonds is 3. The van der Waals surface area contributed by atoms with E-state index < -0.39 is 0 Å². The monoisotopic (exact) mass is 233 g/mol. The molecule has 0 saturated carbocycles. The maximum absolute atomic E-state index is 11.9. The third-order valence-corrected chi connectivity index (χ3v) is 2.81. The van der Waals surface area contributed by atoms with Crippen molar-refractivity contribution in [3.05, 3.63) is 24.6 Å². The third-order valence-electron chi connectivity index (χ3n) is 2.81. The summed E-state index contributed by atoms with van der Waals surface area (Å²) in [5.41, 5.74) is 7.71. The Kier molecular flexibility index (Phi) is 3.10. The molecule has 0 aliphatic carbocycles. The first-order chi connectivity index (χ1) is 8.13. The van der Waals surface area contributed by atoms with Crippen LogP contribution in [0.2, 0.25) is 0 Å². The molecule has 1 aromatic carbocycles. The van der Waals surface area contributed by atoms with Crippen LogP contribution < -0.4 is 10.6 Å². The summed E-state index contributed by atoms with van der Waals surface area (Å²) in [6, 6.07) is 5.46. The molecule has 1 atom stereocenters. The van der Waals surface area contributed by atoms with E-state index in [1.165, 1.54) is 6.39 Å². The number of nitrogens with two attached hydrogens (primary N) is 1. The summed E-state index contributed by atoms with van der Waals surface area (Å²) in [7, 11) is 1.73. The van der Waals surface area contributed by atoms with E-state index in [0.717, 1.165) is 11.2 Å². The second-order valence-electron chi connectivity index (χ2n) is 4.04. The highest BCUT2D eigenvalue weighted by Gasteiger charge is 2.17. The zero-order valence-corrected chi connectivity index (χ0v) is 9.88. The number of benzene rings is 1. The number of carbonyl (C=O) groups excluding carboxylic acids is 1. The Labute approximate surface area is 99.2 Å². The molecule has 0 spiro atoms. The largest absolute Gasteiger partial charge is 0.443 e. The highest BCUT2D eigenvalue weighted by molar-refractivity contribution is 5.95. The zero-order chi connectivity index (χ0) is 12.4. The fourth-order valence-electron chi connectivity index (χ4n) is 1.61. The van der Waals surface area contributed by atoms with Gasteiger partial charge in [-0.05, 0) is 12.1 Å². The lowest BCUT2D eigenvalue weighted by Crippen LogP contribution is -2.35. The van der Waals surface area contributed by atoms with Crippen LogP contribution in [0.5, 0.6) is 0 Å². The van der Waals surface area contributed by atoms with E-state index in [1.807, 2.05) is 19.1 Å². The Balaban J connectivity index is 2.29. The lowest BCUT2D eigenvalue weighted by molar-refractivity contribution is -0.121. The summed E-state index contributed by atoms with van der Waals surface area (Å²) in [4.78, 5) is 17.6. The van der Waals surface area contributed by atoms with Gasteiger partial charge < -0.3 is 15.1 Å². The van der Waals surface area contributed by atoms with Gasteiger partial charge in [-0.2, -0.15) is 0 Å². The predicted octanol–water partition coefficient (Wildman–Crippen LogP) is 1.39. The van der Waals surface area contributed by atoms with Crippen molar-refractivity contribution < 1.29 is 9.21 Å². The van der Waals surface area contributed by atoms with Crippen LogP contribution >= 0.6 is 0 Å². The van der Waals surface area contributed by atoms with Crippen molar-refractivity contribution in [2.45, 2.75) is 6.92 Å². The third kappa shape index (κ3) is 2.14. The van der Waals surface area contributed by atoms with E-state index in [2.05, 4.69) is 4.98 Å². The van der Waals surface area contributed by atoms with E-state index in [0.29, 0.717) is 12.1 Å². The maximum atomic E-state index is 11.9. The van der Waals surface area contributed by atoms with E-state index in [9.17, 15) is 4.79 Å². The van der Waals surface area contributed by atoms with Crippen molar-refractivity contribution in [3.8, 4) is 0 Å². The minimum Gasteiger partial charge on any atom is -0.443 e. The van der Waals surface area contributed by atoms with Crippen LogP contribution in [0.3, 0.4) is 0 Å². The maximum Gasteiger partial charge on any atom is 0.230 e. The van der Waals surface area contributed by atoms with Crippen LogP contribution in [-0.4, -0.2) is 24.5 Å². The number of aromatic nitrogens is 1. The Hall–Kier alpha value is -1.88. The van der Waals surface area contributed by atoms with Crippen LogP contribution in [0.25, 0.3) is 11.1 Å². The van der Waals surface area contributed by atoms with Gasteiger partial charge >= 0.3 is 0 Å². The molecule has 0 bridgehead atoms. The second-order valence-corrected chi connectivity index (χ2v) is 4.04. The summed E-state index contributed by atoms with van der Waals surface area (Å²) in [5.74, 6) is -0.197. The summed E-state index contributed by atoms with van der Waals surface area (Å²) in [6.07, 6.45) is 1.39. The molecule has 2 rings (SSSR count). The molecule has 1 aromatic heterocycles. The number of carbonyl (C=O) groups is 1. The van der Waals surface area contributed by atoms with Gasteiger partial charge in [-0.25, -0.2) is 4.98 Å². The van der Waals surface area contributed by atoms with Crippen molar-refractivity contribution in [1.29, 1.82) is 0 Å². The minimum absolute atomic E-state index is 0.00800. The van der Waals surface area contributed by atoms with Gasteiger partial charge in [0.25, 0.3) is 0 Å². The molecule has 5 heteroatoms. The van der Waals surface area contributed by atoms with E-state index in [4.69, 9.17) is 10.2 Å². The molecule has 1 amide bonds. The molecule has 0 fully saturated rings. The SMILES string of the molecule is CC(CN)C(=O)N(C)c1ccc2ncoc2c1. The summed E-state index contributed by atoms with van der Waals surface area (Å²) in [5, 5.41) is 0. The zero-order valence-electron chi connectivity index (χ0n) is 9.88. The molecule has 1 unspecified atom stereocenters. The molecular formula is C12H15N3O2. The average Bonchev–Trinajstić information content (AvgIpc) is 2.83. The van der Waals surface area contributed by atoms with Crippen molar-refractivity contribution >= 4 is 22.7 Å². The van der Waals surface area contributed by atoms with Crippen LogP contribution in [0.4, 0.5) is 5.69 Å².